The molecule has 0 heterocycles. The Labute approximate surface area is 440 Å². The minimum Gasteiger partial charge on any atom is -0.466 e. The highest BCUT2D eigenvalue weighted by molar-refractivity contribution is 5.89. The molecule has 2 unspecified atom stereocenters. The molecule has 16 nitrogen and oxygen atoms in total. The van der Waals surface area contributed by atoms with Gasteiger partial charge >= 0.3 is 84.3 Å². The van der Waals surface area contributed by atoms with Gasteiger partial charge in [-0.15, -0.1) is 0 Å². The zero-order valence-electron chi connectivity index (χ0n) is 42.6. The van der Waals surface area contributed by atoms with Gasteiger partial charge in [0.2, 0.25) is 0 Å². The van der Waals surface area contributed by atoms with Crippen LogP contribution in [0.1, 0.15) is 98.3 Å². The summed E-state index contributed by atoms with van der Waals surface area (Å²) in [5.41, 5.74) is -1.37. The predicted molar refractivity (Wildman–Crippen MR) is 235 cm³/mol. The van der Waals surface area contributed by atoms with E-state index in [2.05, 4.69) is 54.7 Å². The molecule has 2 atom stereocenters. The van der Waals surface area contributed by atoms with Crippen LogP contribution < -0.4 is 0 Å². The third-order valence-corrected chi connectivity index (χ3v) is 10.2. The average Bonchev–Trinajstić information content (AvgIpc) is 3.26. The van der Waals surface area contributed by atoms with Gasteiger partial charge in [-0.3, -0.25) is 4.79 Å². The van der Waals surface area contributed by atoms with Crippen LogP contribution in [0.4, 0.5) is 70.2 Å². The van der Waals surface area contributed by atoms with E-state index in [0.717, 1.165) is 6.42 Å². The Morgan fingerprint density at radius 1 is 0.468 bits per heavy atom. The second-order valence-corrected chi connectivity index (χ2v) is 18.1. The number of unbranched alkanes of at least 4 members (excludes halogenated alkanes) is 1. The summed E-state index contributed by atoms with van der Waals surface area (Å²) in [6, 6.07) is 0. The molecule has 4 bridgehead atoms. The van der Waals surface area contributed by atoms with E-state index in [4.69, 9.17) is 9.47 Å². The van der Waals surface area contributed by atoms with Crippen molar-refractivity contribution in [3.05, 3.63) is 48.6 Å². The first-order valence-corrected chi connectivity index (χ1v) is 22.8. The van der Waals surface area contributed by atoms with Crippen molar-refractivity contribution in [2.45, 2.75) is 146 Å². The Morgan fingerprint density at radius 3 is 1.28 bits per heavy atom. The quantitative estimate of drug-likeness (QED) is 0.0324. The van der Waals surface area contributed by atoms with Crippen LogP contribution in [0.5, 0.6) is 0 Å². The molecule has 4 aliphatic rings. The molecule has 0 N–H and O–H groups in total. The number of carbonyl (C=O) groups excluding carboxylic acids is 8. The van der Waals surface area contributed by atoms with E-state index in [1.165, 1.54) is 27.7 Å². The van der Waals surface area contributed by atoms with Gasteiger partial charge in [0, 0.05) is 35.1 Å². The van der Waals surface area contributed by atoms with Gasteiger partial charge in [-0.25, -0.2) is 33.6 Å². The average molecular weight is 1180 g/mol. The Hall–Kier alpha value is -6.40. The number of esters is 8. The largest absolute Gasteiger partial charge is 0.490 e. The highest BCUT2D eigenvalue weighted by atomic mass is 19.4. The normalized spacial score (nSPS) is 19.3. The molecule has 79 heavy (non-hydrogen) atoms. The van der Waals surface area contributed by atoms with Crippen molar-refractivity contribution in [1.82, 2.24) is 0 Å². The van der Waals surface area contributed by atoms with Crippen LogP contribution in [0.3, 0.4) is 0 Å². The summed E-state index contributed by atoms with van der Waals surface area (Å²) in [5.74, 6) is -19.5. The number of alkyl halides is 16. The molecule has 0 aromatic rings. The predicted octanol–water partition coefficient (Wildman–Crippen LogP) is 10.2. The number of carbonyl (C=O) groups is 8. The number of hydrogen-bond acceptors (Lipinski definition) is 16. The van der Waals surface area contributed by atoms with E-state index < -0.39 is 128 Å². The standard InChI is InChI=1S/C16H19F3O4.C12H15F5O4.C11H13F5O4.C8H9F3O4/c1-9(2)12(20)22-14-4-10-3-11(5-14)7-15(6-10,8-14)23-13(21)16(17,18)19;1-8(2)10(19)21-6-4-3-5-20-9(18)7-11(13,14)12(15,16)17;1-7(2)8(17)19-4-3-5-20-9(18)10(12,13)6-11(14,15)16;1-5(2)7(13)14-3-6(12)15-4-8(9,10)11/h10-11H,1,3-8H2,2H3;1,3-7H2,2H3;1,3-6H2,2H3;1,3-4H2,2H3. The fourth-order valence-corrected chi connectivity index (χ4v) is 7.28. The van der Waals surface area contributed by atoms with Crippen molar-refractivity contribution < 1.29 is 146 Å². The lowest BCUT2D eigenvalue weighted by Crippen LogP contribution is -2.62. The minimum absolute atomic E-state index is 0.00194. The topological polar surface area (TPSA) is 210 Å². The summed E-state index contributed by atoms with van der Waals surface area (Å²) in [6.07, 6.45) is -21.8. The number of ether oxygens (including phenoxy) is 8. The molecule has 0 spiro atoms. The van der Waals surface area contributed by atoms with E-state index in [9.17, 15) is 109 Å². The van der Waals surface area contributed by atoms with Gasteiger partial charge in [-0.2, -0.15) is 70.2 Å². The molecule has 0 aromatic heterocycles. The minimum atomic E-state index is -5.79. The van der Waals surface area contributed by atoms with Gasteiger partial charge in [0.25, 0.3) is 0 Å². The third-order valence-electron chi connectivity index (χ3n) is 10.2. The first kappa shape index (κ1) is 72.6. The molecule has 4 saturated carbocycles. The van der Waals surface area contributed by atoms with Crippen molar-refractivity contribution >= 4 is 47.8 Å². The van der Waals surface area contributed by atoms with E-state index >= 15 is 0 Å². The van der Waals surface area contributed by atoms with Crippen LogP contribution in [0, 0.1) is 11.8 Å². The molecule has 32 heteroatoms. The van der Waals surface area contributed by atoms with Crippen LogP contribution in [-0.4, -0.2) is 135 Å². The fraction of sp³-hybridized carbons (Fsp3) is 0.660. The van der Waals surface area contributed by atoms with E-state index in [-0.39, 0.29) is 79.6 Å². The Kier molecular flexibility index (Phi) is 27.8. The van der Waals surface area contributed by atoms with Crippen molar-refractivity contribution in [2.24, 2.45) is 11.8 Å². The first-order valence-electron chi connectivity index (χ1n) is 22.8. The van der Waals surface area contributed by atoms with E-state index in [1.54, 1.807) is 0 Å². The molecule has 0 saturated heterocycles. The second kappa shape index (κ2) is 30.3. The SMILES string of the molecule is C=C(C)C(=O)OC12CC3CC(C1)CC(OC(=O)C(F)(F)F)(C3)C2.C=C(C)C(=O)OCC(=O)OCC(F)(F)F.C=C(C)C(=O)OCCCCOC(=O)CC(F)(F)C(F)(F)F.C=C(C)C(=O)OCCCOC(=O)C(F)(F)CC(F)(F)F. The van der Waals surface area contributed by atoms with Crippen LogP contribution in [-0.2, 0) is 76.3 Å². The summed E-state index contributed by atoms with van der Waals surface area (Å²) in [5, 5.41) is 0. The van der Waals surface area contributed by atoms with Crippen LogP contribution in [0.15, 0.2) is 48.6 Å². The third kappa shape index (κ3) is 28.9. The van der Waals surface area contributed by atoms with Crippen LogP contribution >= 0.6 is 0 Å². The Bertz CT molecular complexity index is 2180. The zero-order valence-corrected chi connectivity index (χ0v) is 42.6. The van der Waals surface area contributed by atoms with Crippen molar-refractivity contribution in [2.75, 3.05) is 39.6 Å². The number of halogens is 16. The van der Waals surface area contributed by atoms with Gasteiger partial charge in [-0.1, -0.05) is 26.3 Å². The zero-order chi connectivity index (χ0) is 61.8. The van der Waals surface area contributed by atoms with E-state index in [1.807, 2.05) is 0 Å². The molecular weight excluding hydrogens is 1120 g/mol. The van der Waals surface area contributed by atoms with E-state index in [0.29, 0.717) is 25.7 Å². The molecule has 0 aromatic carbocycles. The first-order chi connectivity index (χ1) is 35.7. The van der Waals surface area contributed by atoms with Crippen LogP contribution in [0.2, 0.25) is 0 Å². The van der Waals surface area contributed by atoms with Crippen molar-refractivity contribution in [3.8, 4) is 0 Å². The smallest absolute Gasteiger partial charge is 0.466 e. The van der Waals surface area contributed by atoms with Gasteiger partial charge in [0.1, 0.15) is 24.0 Å². The fourth-order valence-electron chi connectivity index (χ4n) is 7.28. The lowest BCUT2D eigenvalue weighted by atomic mass is 9.52. The molecule has 0 aliphatic heterocycles. The second-order valence-electron chi connectivity index (χ2n) is 18.1. The lowest BCUT2D eigenvalue weighted by molar-refractivity contribution is -0.283. The molecule has 4 fully saturated rings. The molecule has 4 rings (SSSR count). The van der Waals surface area contributed by atoms with Crippen LogP contribution in [0.25, 0.3) is 0 Å². The molecule has 452 valence electrons. The maximum absolute atomic E-state index is 12.8. The summed E-state index contributed by atoms with van der Waals surface area (Å²) in [7, 11) is 0. The summed E-state index contributed by atoms with van der Waals surface area (Å²) < 4.78 is 230. The maximum atomic E-state index is 12.8. The summed E-state index contributed by atoms with van der Waals surface area (Å²) in [4.78, 5) is 87.9. The number of rotatable bonds is 22. The molecule has 4 aliphatic carbocycles. The van der Waals surface area contributed by atoms with Crippen molar-refractivity contribution in [3.63, 3.8) is 0 Å². The molecular formula is C47H56F16O16. The molecule has 0 radical (unpaired) electrons. The van der Waals surface area contributed by atoms with Gasteiger partial charge < -0.3 is 37.9 Å². The highest BCUT2D eigenvalue weighted by Crippen LogP contribution is 2.60. The van der Waals surface area contributed by atoms with Gasteiger partial charge in [-0.05, 0) is 84.5 Å². The lowest BCUT2D eigenvalue weighted by Gasteiger charge is -2.60. The monoisotopic (exact) mass is 1180 g/mol. The Balaban J connectivity index is 0.00000104. The maximum Gasteiger partial charge on any atom is 0.490 e. The highest BCUT2D eigenvalue weighted by Gasteiger charge is 2.63. The Morgan fingerprint density at radius 2 is 0.873 bits per heavy atom. The molecule has 0 amide bonds. The number of hydrogen-bond donors (Lipinski definition) is 0. The van der Waals surface area contributed by atoms with Gasteiger partial charge in [0.05, 0.1) is 26.4 Å². The van der Waals surface area contributed by atoms with Gasteiger partial charge in [0.15, 0.2) is 13.2 Å². The summed E-state index contributed by atoms with van der Waals surface area (Å²) in [6.45, 7) is 15.4. The summed E-state index contributed by atoms with van der Waals surface area (Å²) >= 11 is 0. The van der Waals surface area contributed by atoms with Crippen molar-refractivity contribution in [1.29, 1.82) is 0 Å².